The molecule has 1 aromatic heterocycles. The molecule has 21 heavy (non-hydrogen) atoms. The number of amides is 2. The molecule has 0 bridgehead atoms. The Morgan fingerprint density at radius 1 is 1.33 bits per heavy atom. The smallest absolute Gasteiger partial charge is 0.326 e. The topological polar surface area (TPSA) is 96.3 Å². The fourth-order valence-electron chi connectivity index (χ4n) is 2.07. The maximum absolute atomic E-state index is 11.9. The maximum atomic E-state index is 11.9. The number of aromatic nitrogens is 2. The molecule has 1 heterocycles. The van der Waals surface area contributed by atoms with Gasteiger partial charge in [-0.2, -0.15) is 5.10 Å². The Morgan fingerprint density at radius 3 is 2.29 bits per heavy atom. The van der Waals surface area contributed by atoms with Crippen molar-refractivity contribution in [3.63, 3.8) is 0 Å². The largest absolute Gasteiger partial charge is 0.480 e. The second-order valence-electron chi connectivity index (χ2n) is 6.24. The Bertz CT molecular complexity index is 543. The van der Waals surface area contributed by atoms with Crippen LogP contribution < -0.4 is 10.6 Å². The van der Waals surface area contributed by atoms with Crippen LogP contribution in [0.5, 0.6) is 0 Å². The van der Waals surface area contributed by atoms with Gasteiger partial charge >= 0.3 is 12.0 Å². The number of nitrogens with one attached hydrogen (secondary N) is 2. The van der Waals surface area contributed by atoms with Gasteiger partial charge in [0.2, 0.25) is 0 Å². The molecule has 3 N–H and O–H groups in total. The van der Waals surface area contributed by atoms with E-state index >= 15 is 0 Å². The first-order valence-corrected chi connectivity index (χ1v) is 6.80. The third kappa shape index (κ3) is 4.21. The van der Waals surface area contributed by atoms with Crippen LogP contribution in [0.1, 0.15) is 37.7 Å². The van der Waals surface area contributed by atoms with Crippen molar-refractivity contribution in [1.82, 2.24) is 20.4 Å². The number of hydrogen-bond donors (Lipinski definition) is 3. The van der Waals surface area contributed by atoms with Crippen LogP contribution in [0.15, 0.2) is 0 Å². The summed E-state index contributed by atoms with van der Waals surface area (Å²) in [5.74, 6) is -1.05. The normalized spacial score (nSPS) is 12.9. The molecule has 1 rings (SSSR count). The standard InChI is InChI=1S/C14H24N4O3/c1-8-10(9(2)18(6)17-8)7-15-13(21)16-11(12(19)20)14(3,4)5/h11H,7H2,1-6H3,(H,19,20)(H2,15,16,21)/t11-/m0/s1. The summed E-state index contributed by atoms with van der Waals surface area (Å²) in [4.78, 5) is 23.1. The van der Waals surface area contributed by atoms with Crippen molar-refractivity contribution in [2.24, 2.45) is 12.5 Å². The van der Waals surface area contributed by atoms with Gasteiger partial charge in [0.15, 0.2) is 0 Å². The minimum Gasteiger partial charge on any atom is -0.480 e. The number of nitrogens with zero attached hydrogens (tertiary/aromatic N) is 2. The van der Waals surface area contributed by atoms with Crippen molar-refractivity contribution in [2.75, 3.05) is 0 Å². The Balaban J connectivity index is 2.68. The molecule has 0 aliphatic heterocycles. The first kappa shape index (κ1) is 17.0. The van der Waals surface area contributed by atoms with Gasteiger partial charge in [-0.25, -0.2) is 9.59 Å². The first-order valence-electron chi connectivity index (χ1n) is 6.80. The second-order valence-corrected chi connectivity index (χ2v) is 6.24. The van der Waals surface area contributed by atoms with E-state index in [9.17, 15) is 14.7 Å². The van der Waals surface area contributed by atoms with Crippen LogP contribution in [0, 0.1) is 19.3 Å². The lowest BCUT2D eigenvalue weighted by Gasteiger charge is -2.27. The quantitative estimate of drug-likeness (QED) is 0.781. The number of aryl methyl sites for hydroxylation is 2. The summed E-state index contributed by atoms with van der Waals surface area (Å²) in [5, 5.41) is 18.6. The molecule has 0 radical (unpaired) electrons. The predicted octanol–water partition coefficient (Wildman–Crippen LogP) is 1.34. The zero-order valence-corrected chi connectivity index (χ0v) is 13.4. The highest BCUT2D eigenvalue weighted by atomic mass is 16.4. The van der Waals surface area contributed by atoms with Gasteiger partial charge in [0.25, 0.3) is 0 Å². The van der Waals surface area contributed by atoms with Gasteiger partial charge in [-0.15, -0.1) is 0 Å². The predicted molar refractivity (Wildman–Crippen MR) is 78.9 cm³/mol. The molecule has 1 aromatic rings. The average Bonchev–Trinajstić information content (AvgIpc) is 2.56. The van der Waals surface area contributed by atoms with Gasteiger partial charge in [-0.05, 0) is 19.3 Å². The van der Waals surface area contributed by atoms with Crippen LogP contribution in [-0.4, -0.2) is 32.9 Å². The van der Waals surface area contributed by atoms with E-state index in [1.807, 2.05) is 20.9 Å². The third-order valence-corrected chi connectivity index (χ3v) is 3.47. The molecular weight excluding hydrogens is 272 g/mol. The second kappa shape index (κ2) is 6.15. The Morgan fingerprint density at radius 2 is 1.90 bits per heavy atom. The van der Waals surface area contributed by atoms with Crippen LogP contribution in [-0.2, 0) is 18.4 Å². The lowest BCUT2D eigenvalue weighted by Crippen LogP contribution is -2.52. The Hall–Kier alpha value is -2.05. The third-order valence-electron chi connectivity index (χ3n) is 3.47. The van der Waals surface area contributed by atoms with Crippen LogP contribution >= 0.6 is 0 Å². The van der Waals surface area contributed by atoms with Crippen molar-refractivity contribution in [1.29, 1.82) is 0 Å². The van der Waals surface area contributed by atoms with E-state index in [0.717, 1.165) is 17.0 Å². The number of aliphatic carboxylic acids is 1. The number of carboxylic acid groups (broad SMARTS) is 1. The molecule has 0 aromatic carbocycles. The van der Waals surface area contributed by atoms with Gasteiger partial charge < -0.3 is 15.7 Å². The monoisotopic (exact) mass is 296 g/mol. The molecule has 0 spiro atoms. The highest BCUT2D eigenvalue weighted by Crippen LogP contribution is 2.19. The van der Waals surface area contributed by atoms with Crippen molar-refractivity contribution in [2.45, 2.75) is 47.2 Å². The van der Waals surface area contributed by atoms with E-state index in [1.165, 1.54) is 0 Å². The molecule has 2 amide bonds. The highest BCUT2D eigenvalue weighted by molar-refractivity contribution is 5.83. The molecule has 7 heteroatoms. The number of urea groups is 1. The zero-order chi connectivity index (χ0) is 16.4. The van der Waals surface area contributed by atoms with E-state index in [-0.39, 0.29) is 0 Å². The first-order chi connectivity index (χ1) is 9.54. The molecule has 0 saturated carbocycles. The van der Waals surface area contributed by atoms with Crippen molar-refractivity contribution >= 4 is 12.0 Å². The number of rotatable bonds is 4. The summed E-state index contributed by atoms with van der Waals surface area (Å²) in [7, 11) is 1.84. The van der Waals surface area contributed by atoms with Gasteiger partial charge in [0.05, 0.1) is 5.69 Å². The molecule has 7 nitrogen and oxygen atoms in total. The van der Waals surface area contributed by atoms with Gasteiger partial charge in [0.1, 0.15) is 6.04 Å². The summed E-state index contributed by atoms with van der Waals surface area (Å²) < 4.78 is 1.75. The minimum atomic E-state index is -1.05. The lowest BCUT2D eigenvalue weighted by molar-refractivity contribution is -0.141. The molecule has 0 fully saturated rings. The number of carbonyl (C=O) groups excluding carboxylic acids is 1. The van der Waals surface area contributed by atoms with Gasteiger partial charge in [-0.1, -0.05) is 20.8 Å². The zero-order valence-electron chi connectivity index (χ0n) is 13.4. The van der Waals surface area contributed by atoms with Crippen LogP contribution in [0.25, 0.3) is 0 Å². The average molecular weight is 296 g/mol. The highest BCUT2D eigenvalue weighted by Gasteiger charge is 2.32. The van der Waals surface area contributed by atoms with E-state index in [1.54, 1.807) is 25.5 Å². The van der Waals surface area contributed by atoms with Gasteiger partial charge in [-0.3, -0.25) is 4.68 Å². The minimum absolute atomic E-state index is 0.313. The van der Waals surface area contributed by atoms with Crippen LogP contribution in [0.4, 0.5) is 4.79 Å². The lowest BCUT2D eigenvalue weighted by atomic mass is 9.87. The number of hydrogen-bond acceptors (Lipinski definition) is 3. The summed E-state index contributed by atoms with van der Waals surface area (Å²) in [5.41, 5.74) is 2.19. The van der Waals surface area contributed by atoms with E-state index in [2.05, 4.69) is 15.7 Å². The molecule has 0 aliphatic rings. The molecule has 0 aliphatic carbocycles. The molecule has 0 saturated heterocycles. The van der Waals surface area contributed by atoms with E-state index < -0.39 is 23.5 Å². The van der Waals surface area contributed by atoms with E-state index in [0.29, 0.717) is 6.54 Å². The van der Waals surface area contributed by atoms with Crippen molar-refractivity contribution < 1.29 is 14.7 Å². The molecule has 118 valence electrons. The van der Waals surface area contributed by atoms with Crippen molar-refractivity contribution in [3.8, 4) is 0 Å². The van der Waals surface area contributed by atoms with E-state index in [4.69, 9.17) is 0 Å². The Kier molecular flexibility index (Phi) is 4.98. The molecular formula is C14H24N4O3. The summed E-state index contributed by atoms with van der Waals surface area (Å²) in [6.07, 6.45) is 0. The van der Waals surface area contributed by atoms with Crippen molar-refractivity contribution in [3.05, 3.63) is 17.0 Å². The van der Waals surface area contributed by atoms with Gasteiger partial charge in [0, 0.05) is 24.8 Å². The summed E-state index contributed by atoms with van der Waals surface area (Å²) in [6, 6.07) is -1.45. The summed E-state index contributed by atoms with van der Waals surface area (Å²) >= 11 is 0. The number of carbonyl (C=O) groups is 2. The Labute approximate surface area is 124 Å². The number of carboxylic acids is 1. The SMILES string of the molecule is Cc1nn(C)c(C)c1CNC(=O)N[C@@H](C(=O)O)C(C)(C)C. The van der Waals surface area contributed by atoms with Crippen LogP contribution in [0.2, 0.25) is 0 Å². The maximum Gasteiger partial charge on any atom is 0.326 e. The van der Waals surface area contributed by atoms with Crippen LogP contribution in [0.3, 0.4) is 0 Å². The fourth-order valence-corrected chi connectivity index (χ4v) is 2.07. The summed E-state index contributed by atoms with van der Waals surface area (Å²) in [6.45, 7) is 9.40. The molecule has 0 unspecified atom stereocenters. The molecule has 1 atom stereocenters. The fraction of sp³-hybridized carbons (Fsp3) is 0.643.